The number of thiophene rings is 1. The van der Waals surface area contributed by atoms with E-state index < -0.39 is 0 Å². The molecule has 0 N–H and O–H groups in total. The lowest BCUT2D eigenvalue weighted by atomic mass is 10.1. The van der Waals surface area contributed by atoms with Gasteiger partial charge in [-0.25, -0.2) is 0 Å². The fourth-order valence-electron chi connectivity index (χ4n) is 3.67. The van der Waals surface area contributed by atoms with Crippen molar-refractivity contribution in [1.29, 1.82) is 0 Å². The summed E-state index contributed by atoms with van der Waals surface area (Å²) in [5.74, 6) is 1.10. The van der Waals surface area contributed by atoms with Crippen LogP contribution in [0.25, 0.3) is 6.08 Å². The van der Waals surface area contributed by atoms with Crippen LogP contribution < -0.4 is 9.47 Å². The van der Waals surface area contributed by atoms with Crippen molar-refractivity contribution in [3.05, 3.63) is 88.1 Å². The van der Waals surface area contributed by atoms with E-state index in [0.29, 0.717) is 24.6 Å². The van der Waals surface area contributed by atoms with E-state index in [0.717, 1.165) is 16.0 Å². The summed E-state index contributed by atoms with van der Waals surface area (Å²) in [7, 11) is 0. The van der Waals surface area contributed by atoms with E-state index in [2.05, 4.69) is 0 Å². The number of amides is 2. The molecule has 0 saturated heterocycles. The van der Waals surface area contributed by atoms with Gasteiger partial charge in [0.25, 0.3) is 0 Å². The molecule has 3 aromatic rings. The first-order valence-electron chi connectivity index (χ1n) is 11.2. The van der Waals surface area contributed by atoms with Crippen LogP contribution in [0.2, 0.25) is 0 Å². The van der Waals surface area contributed by atoms with Crippen molar-refractivity contribution in [2.75, 3.05) is 13.3 Å². The van der Waals surface area contributed by atoms with Crippen LogP contribution in [0.15, 0.2) is 72.1 Å². The van der Waals surface area contributed by atoms with Crippen LogP contribution >= 0.6 is 11.3 Å². The number of carbonyl (C=O) groups is 2. The van der Waals surface area contributed by atoms with Crippen LogP contribution in [0.4, 0.5) is 0 Å². The molecule has 7 heteroatoms. The van der Waals surface area contributed by atoms with Crippen LogP contribution in [0.3, 0.4) is 0 Å². The third-order valence-corrected chi connectivity index (χ3v) is 6.38. The Balaban J connectivity index is 1.49. The van der Waals surface area contributed by atoms with E-state index in [1.165, 1.54) is 6.08 Å². The predicted molar refractivity (Wildman–Crippen MR) is 133 cm³/mol. The quantitative estimate of drug-likeness (QED) is 0.410. The number of carbonyl (C=O) groups excluding carboxylic acids is 2. The molecule has 0 aliphatic carbocycles. The van der Waals surface area contributed by atoms with Gasteiger partial charge < -0.3 is 19.3 Å². The standard InChI is InChI=1S/C27H28N2O4S/c1-20(2)29(26(30)13-11-21-7-4-3-5-8-21)18-27(31)28(17-23-9-6-14-34-23)16-22-10-12-24-25(15-22)33-19-32-24/h3-15,20H,16-19H2,1-2H3/b13-11+. The van der Waals surface area contributed by atoms with Gasteiger partial charge in [-0.3, -0.25) is 9.59 Å². The predicted octanol–water partition coefficient (Wildman–Crippen LogP) is 4.96. The van der Waals surface area contributed by atoms with Crippen LogP contribution in [0.1, 0.15) is 29.9 Å². The highest BCUT2D eigenvalue weighted by Gasteiger charge is 2.23. The number of ether oxygens (including phenoxy) is 2. The Morgan fingerprint density at radius 3 is 2.53 bits per heavy atom. The molecule has 0 bridgehead atoms. The summed E-state index contributed by atoms with van der Waals surface area (Å²) in [6, 6.07) is 19.2. The van der Waals surface area contributed by atoms with Gasteiger partial charge in [-0.05, 0) is 54.6 Å². The molecule has 0 fully saturated rings. The Kier molecular flexibility index (Phi) is 7.65. The second-order valence-corrected chi connectivity index (χ2v) is 9.35. The zero-order valence-corrected chi connectivity index (χ0v) is 20.2. The molecule has 34 heavy (non-hydrogen) atoms. The number of benzene rings is 2. The molecule has 2 aromatic carbocycles. The van der Waals surface area contributed by atoms with Gasteiger partial charge in [-0.15, -0.1) is 11.3 Å². The minimum Gasteiger partial charge on any atom is -0.454 e. The molecule has 2 amide bonds. The number of fused-ring (bicyclic) bond motifs is 1. The van der Waals surface area contributed by atoms with Gasteiger partial charge >= 0.3 is 0 Å². The highest BCUT2D eigenvalue weighted by Crippen LogP contribution is 2.33. The number of hydrogen-bond donors (Lipinski definition) is 0. The summed E-state index contributed by atoms with van der Waals surface area (Å²) >= 11 is 1.61. The van der Waals surface area contributed by atoms with Crippen molar-refractivity contribution >= 4 is 29.2 Å². The summed E-state index contributed by atoms with van der Waals surface area (Å²) in [4.78, 5) is 30.9. The molecule has 1 aliphatic heterocycles. The first-order chi connectivity index (χ1) is 16.5. The minimum absolute atomic E-state index is 0.00551. The molecule has 176 valence electrons. The van der Waals surface area contributed by atoms with E-state index in [1.807, 2.05) is 79.9 Å². The largest absolute Gasteiger partial charge is 0.454 e. The Morgan fingerprint density at radius 2 is 1.79 bits per heavy atom. The third-order valence-electron chi connectivity index (χ3n) is 5.52. The average Bonchev–Trinajstić information content (AvgIpc) is 3.52. The normalized spacial score (nSPS) is 12.3. The summed E-state index contributed by atoms with van der Waals surface area (Å²) in [6.07, 6.45) is 3.31. The smallest absolute Gasteiger partial charge is 0.247 e. The van der Waals surface area contributed by atoms with E-state index in [4.69, 9.17) is 9.47 Å². The van der Waals surface area contributed by atoms with Gasteiger partial charge in [0.05, 0.1) is 6.54 Å². The van der Waals surface area contributed by atoms with Crippen molar-refractivity contribution < 1.29 is 19.1 Å². The molecule has 1 aromatic heterocycles. The summed E-state index contributed by atoms with van der Waals surface area (Å²) < 4.78 is 10.9. The van der Waals surface area contributed by atoms with E-state index in [9.17, 15) is 9.59 Å². The third kappa shape index (κ3) is 6.05. The van der Waals surface area contributed by atoms with E-state index >= 15 is 0 Å². The lowest BCUT2D eigenvalue weighted by Gasteiger charge is -2.29. The van der Waals surface area contributed by atoms with Crippen LogP contribution in [0, 0.1) is 0 Å². The SMILES string of the molecule is CC(C)N(CC(=O)N(Cc1ccc2c(c1)OCO2)Cc1cccs1)C(=O)/C=C/c1ccccc1. The maximum atomic E-state index is 13.5. The molecule has 1 aliphatic rings. The first-order valence-corrected chi connectivity index (χ1v) is 12.1. The van der Waals surface area contributed by atoms with Gasteiger partial charge in [-0.1, -0.05) is 42.5 Å². The molecule has 6 nitrogen and oxygen atoms in total. The molecule has 0 radical (unpaired) electrons. The van der Waals surface area contributed by atoms with Crippen molar-refractivity contribution in [3.8, 4) is 11.5 Å². The number of nitrogens with zero attached hydrogens (tertiary/aromatic N) is 2. The first kappa shape index (κ1) is 23.6. The monoisotopic (exact) mass is 476 g/mol. The molecular weight excluding hydrogens is 448 g/mol. The Hall–Kier alpha value is -3.58. The Morgan fingerprint density at radius 1 is 1.00 bits per heavy atom. The summed E-state index contributed by atoms with van der Waals surface area (Å²) in [5.41, 5.74) is 1.88. The van der Waals surface area contributed by atoms with Crippen molar-refractivity contribution in [3.63, 3.8) is 0 Å². The average molecular weight is 477 g/mol. The molecule has 0 spiro atoms. The highest BCUT2D eigenvalue weighted by molar-refractivity contribution is 7.09. The number of hydrogen-bond acceptors (Lipinski definition) is 5. The van der Waals surface area contributed by atoms with Gasteiger partial charge in [0, 0.05) is 23.5 Å². The Labute approximate surface area is 204 Å². The molecular formula is C27H28N2O4S. The maximum Gasteiger partial charge on any atom is 0.247 e. The topological polar surface area (TPSA) is 59.1 Å². The molecule has 0 atom stereocenters. The Bertz CT molecular complexity index is 1140. The van der Waals surface area contributed by atoms with Crippen molar-refractivity contribution in [2.45, 2.75) is 33.0 Å². The second kappa shape index (κ2) is 11.0. The van der Waals surface area contributed by atoms with Gasteiger partial charge in [-0.2, -0.15) is 0 Å². The van der Waals surface area contributed by atoms with Crippen LogP contribution in [-0.4, -0.2) is 41.0 Å². The fraction of sp³-hybridized carbons (Fsp3) is 0.259. The molecule has 2 heterocycles. The lowest BCUT2D eigenvalue weighted by molar-refractivity contribution is -0.140. The van der Waals surface area contributed by atoms with Gasteiger partial charge in [0.1, 0.15) is 6.54 Å². The number of rotatable bonds is 9. The second-order valence-electron chi connectivity index (χ2n) is 8.32. The zero-order chi connectivity index (χ0) is 23.9. The molecule has 4 rings (SSSR count). The zero-order valence-electron chi connectivity index (χ0n) is 19.3. The molecule has 0 unspecified atom stereocenters. The van der Waals surface area contributed by atoms with Gasteiger partial charge in [0.15, 0.2) is 11.5 Å². The fourth-order valence-corrected chi connectivity index (χ4v) is 4.39. The summed E-state index contributed by atoms with van der Waals surface area (Å²) in [6.45, 7) is 4.94. The van der Waals surface area contributed by atoms with E-state index in [-0.39, 0.29) is 31.2 Å². The van der Waals surface area contributed by atoms with Gasteiger partial charge in [0.2, 0.25) is 18.6 Å². The maximum absolute atomic E-state index is 13.5. The van der Waals surface area contributed by atoms with Crippen LogP contribution in [0.5, 0.6) is 11.5 Å². The minimum atomic E-state index is -0.189. The van der Waals surface area contributed by atoms with Crippen LogP contribution in [-0.2, 0) is 22.7 Å². The lowest BCUT2D eigenvalue weighted by Crippen LogP contribution is -2.44. The van der Waals surface area contributed by atoms with Crippen molar-refractivity contribution in [1.82, 2.24) is 9.80 Å². The van der Waals surface area contributed by atoms with Crippen molar-refractivity contribution in [2.24, 2.45) is 0 Å². The highest BCUT2D eigenvalue weighted by atomic mass is 32.1. The van der Waals surface area contributed by atoms with E-state index in [1.54, 1.807) is 27.2 Å². The summed E-state index contributed by atoms with van der Waals surface area (Å²) in [5, 5.41) is 2.00. The molecule has 0 saturated carbocycles.